The minimum atomic E-state index is -0.690. The molecule has 1 saturated carbocycles. The number of ether oxygens (including phenoxy) is 1. The van der Waals surface area contributed by atoms with E-state index in [1.165, 1.54) is 0 Å². The molecule has 0 bridgehead atoms. The van der Waals surface area contributed by atoms with Crippen molar-refractivity contribution in [1.82, 2.24) is 4.98 Å². The van der Waals surface area contributed by atoms with Crippen LogP contribution < -0.4 is 15.1 Å². The van der Waals surface area contributed by atoms with Crippen LogP contribution in [0.5, 0.6) is 0 Å². The van der Waals surface area contributed by atoms with Crippen molar-refractivity contribution in [3.63, 3.8) is 0 Å². The summed E-state index contributed by atoms with van der Waals surface area (Å²) in [5.41, 5.74) is 3.25. The average Bonchev–Trinajstić information content (AvgIpc) is 3.00. The highest BCUT2D eigenvalue weighted by Gasteiger charge is 2.36. The number of hydrogen-bond acceptors (Lipinski definition) is 6. The van der Waals surface area contributed by atoms with E-state index >= 15 is 0 Å². The average molecular weight is 451 g/mol. The number of hydrogen-bond donors (Lipinski definition) is 2. The molecule has 1 amide bonds. The topological polar surface area (TPSA) is 77.9 Å². The molecule has 33 heavy (non-hydrogen) atoms. The first-order valence-electron chi connectivity index (χ1n) is 12.1. The standard InChI is InChI=1S/C26H34N4O3/c1-26(2,32)20-7-5-18(6-8-20)25(31)30-17-19-4-3-11-27-24(19)28-22-10-9-21(16-23(22)30)29-12-14-33-15-13-29/h3-4,9-11,16,18,20,32H,5-8,12-15,17H2,1-2H3,(H,27,28). The molecule has 7 nitrogen and oxygen atoms in total. The Labute approximate surface area is 195 Å². The number of carbonyl (C=O) groups is 1. The molecule has 176 valence electrons. The zero-order chi connectivity index (χ0) is 23.0. The molecular formula is C26H34N4O3. The maximum absolute atomic E-state index is 13.9. The monoisotopic (exact) mass is 450 g/mol. The van der Waals surface area contributed by atoms with Crippen molar-refractivity contribution in [2.45, 2.75) is 51.7 Å². The Morgan fingerprint density at radius 1 is 1.15 bits per heavy atom. The minimum absolute atomic E-state index is 0.0262. The lowest BCUT2D eigenvalue weighted by atomic mass is 9.74. The molecule has 1 aliphatic carbocycles. The van der Waals surface area contributed by atoms with Crippen LogP contribution in [0, 0.1) is 11.8 Å². The predicted molar refractivity (Wildman–Crippen MR) is 130 cm³/mol. The zero-order valence-electron chi connectivity index (χ0n) is 19.6. The van der Waals surface area contributed by atoms with Crippen molar-refractivity contribution in [3.8, 4) is 0 Å². The van der Waals surface area contributed by atoms with E-state index in [1.54, 1.807) is 6.20 Å². The number of benzene rings is 1. The van der Waals surface area contributed by atoms with E-state index < -0.39 is 5.60 Å². The normalized spacial score (nSPS) is 23.2. The Hall–Kier alpha value is -2.64. The van der Waals surface area contributed by atoms with E-state index in [9.17, 15) is 9.90 Å². The number of amides is 1. The third kappa shape index (κ3) is 4.57. The number of rotatable bonds is 3. The van der Waals surface area contributed by atoms with E-state index in [2.05, 4.69) is 33.4 Å². The summed E-state index contributed by atoms with van der Waals surface area (Å²) in [5, 5.41) is 13.9. The van der Waals surface area contributed by atoms with E-state index in [4.69, 9.17) is 4.74 Å². The predicted octanol–water partition coefficient (Wildman–Crippen LogP) is 4.09. The molecule has 0 atom stereocenters. The van der Waals surface area contributed by atoms with Crippen LogP contribution in [0.2, 0.25) is 0 Å². The number of nitrogens with zero attached hydrogens (tertiary/aromatic N) is 3. The second kappa shape index (κ2) is 8.95. The third-order valence-corrected chi connectivity index (χ3v) is 7.46. The van der Waals surface area contributed by atoms with Crippen molar-refractivity contribution in [2.24, 2.45) is 11.8 Å². The Balaban J connectivity index is 1.46. The smallest absolute Gasteiger partial charge is 0.230 e. The van der Waals surface area contributed by atoms with Gasteiger partial charge in [0.2, 0.25) is 5.91 Å². The quantitative estimate of drug-likeness (QED) is 0.734. The molecule has 0 unspecified atom stereocenters. The van der Waals surface area contributed by atoms with Crippen molar-refractivity contribution in [3.05, 3.63) is 42.1 Å². The van der Waals surface area contributed by atoms with Crippen molar-refractivity contribution in [2.75, 3.05) is 41.4 Å². The van der Waals surface area contributed by atoms with Gasteiger partial charge in [-0.2, -0.15) is 0 Å². The fraction of sp³-hybridized carbons (Fsp3) is 0.538. The number of pyridine rings is 1. The van der Waals surface area contributed by atoms with Gasteiger partial charge in [0, 0.05) is 36.5 Å². The lowest BCUT2D eigenvalue weighted by Gasteiger charge is -2.37. The van der Waals surface area contributed by atoms with E-state index in [0.29, 0.717) is 6.54 Å². The molecule has 0 spiro atoms. The Morgan fingerprint density at radius 3 is 2.64 bits per heavy atom. The van der Waals surface area contributed by atoms with Crippen molar-refractivity contribution >= 4 is 28.8 Å². The Kier molecular flexibility index (Phi) is 6.01. The first kappa shape index (κ1) is 22.2. The van der Waals surface area contributed by atoms with Crippen LogP contribution in [0.4, 0.5) is 22.9 Å². The Morgan fingerprint density at radius 2 is 1.91 bits per heavy atom. The summed E-state index contributed by atoms with van der Waals surface area (Å²) in [7, 11) is 0. The molecule has 5 rings (SSSR count). The van der Waals surface area contributed by atoms with E-state index in [0.717, 1.165) is 80.4 Å². The molecular weight excluding hydrogens is 416 g/mol. The molecule has 2 N–H and O–H groups in total. The number of aromatic nitrogens is 1. The fourth-order valence-corrected chi connectivity index (χ4v) is 5.39. The summed E-state index contributed by atoms with van der Waals surface area (Å²) in [6.07, 6.45) is 5.17. The molecule has 0 radical (unpaired) electrons. The molecule has 2 aromatic rings. The van der Waals surface area contributed by atoms with Crippen LogP contribution >= 0.6 is 0 Å². The maximum atomic E-state index is 13.9. The largest absolute Gasteiger partial charge is 0.390 e. The molecule has 2 fully saturated rings. The van der Waals surface area contributed by atoms with Crippen LogP contribution in [0.3, 0.4) is 0 Å². The van der Waals surface area contributed by atoms with E-state index in [-0.39, 0.29) is 17.7 Å². The summed E-state index contributed by atoms with van der Waals surface area (Å²) in [4.78, 5) is 22.7. The molecule has 3 aliphatic rings. The van der Waals surface area contributed by atoms with Gasteiger partial charge in [0.15, 0.2) is 0 Å². The van der Waals surface area contributed by atoms with Crippen molar-refractivity contribution < 1.29 is 14.6 Å². The van der Waals surface area contributed by atoms with E-state index in [1.807, 2.05) is 30.9 Å². The second-order valence-corrected chi connectivity index (χ2v) is 10.1. The van der Waals surface area contributed by atoms with Gasteiger partial charge in [-0.15, -0.1) is 0 Å². The first-order chi connectivity index (χ1) is 15.9. The zero-order valence-corrected chi connectivity index (χ0v) is 19.6. The highest BCUT2D eigenvalue weighted by Crippen LogP contribution is 2.41. The lowest BCUT2D eigenvalue weighted by molar-refractivity contribution is -0.124. The maximum Gasteiger partial charge on any atom is 0.230 e. The highest BCUT2D eigenvalue weighted by molar-refractivity contribution is 6.00. The van der Waals surface area contributed by atoms with Crippen LogP contribution in [-0.4, -0.2) is 47.9 Å². The molecule has 3 heterocycles. The summed E-state index contributed by atoms with van der Waals surface area (Å²) < 4.78 is 5.52. The highest BCUT2D eigenvalue weighted by atomic mass is 16.5. The molecule has 2 aliphatic heterocycles. The number of aliphatic hydroxyl groups is 1. The number of nitrogens with one attached hydrogen (secondary N) is 1. The number of morpholine rings is 1. The molecule has 1 saturated heterocycles. The summed E-state index contributed by atoms with van der Waals surface area (Å²) in [6, 6.07) is 10.3. The van der Waals surface area contributed by atoms with Gasteiger partial charge >= 0.3 is 0 Å². The molecule has 1 aromatic carbocycles. The summed E-state index contributed by atoms with van der Waals surface area (Å²) in [6.45, 7) is 7.41. The van der Waals surface area contributed by atoms with Gasteiger partial charge in [0.05, 0.1) is 36.7 Å². The van der Waals surface area contributed by atoms with Gasteiger partial charge in [-0.25, -0.2) is 4.98 Å². The summed E-state index contributed by atoms with van der Waals surface area (Å²) >= 11 is 0. The van der Waals surface area contributed by atoms with Gasteiger partial charge in [-0.05, 0) is 69.7 Å². The fourth-order valence-electron chi connectivity index (χ4n) is 5.39. The SMILES string of the molecule is CC(C)(O)C1CCC(C(=O)N2Cc3cccnc3Nc3ccc(N4CCOCC4)cc32)CC1. The number of anilines is 4. The van der Waals surface area contributed by atoms with Gasteiger partial charge in [-0.3, -0.25) is 4.79 Å². The third-order valence-electron chi connectivity index (χ3n) is 7.46. The molecule has 7 heteroatoms. The van der Waals surface area contributed by atoms with Gasteiger partial charge in [0.25, 0.3) is 0 Å². The van der Waals surface area contributed by atoms with Crippen LogP contribution in [0.15, 0.2) is 36.5 Å². The minimum Gasteiger partial charge on any atom is -0.390 e. The van der Waals surface area contributed by atoms with Gasteiger partial charge in [0.1, 0.15) is 5.82 Å². The van der Waals surface area contributed by atoms with Gasteiger partial charge < -0.3 is 25.0 Å². The Bertz CT molecular complexity index is 1000. The second-order valence-electron chi connectivity index (χ2n) is 10.1. The number of fused-ring (bicyclic) bond motifs is 2. The molecule has 1 aromatic heterocycles. The first-order valence-corrected chi connectivity index (χ1v) is 12.1. The van der Waals surface area contributed by atoms with Crippen LogP contribution in [0.25, 0.3) is 0 Å². The lowest BCUT2D eigenvalue weighted by Crippen LogP contribution is -2.40. The van der Waals surface area contributed by atoms with Crippen LogP contribution in [0.1, 0.15) is 45.1 Å². The number of carbonyl (C=O) groups excluding carboxylic acids is 1. The van der Waals surface area contributed by atoms with Crippen molar-refractivity contribution in [1.29, 1.82) is 0 Å². The van der Waals surface area contributed by atoms with Crippen LogP contribution in [-0.2, 0) is 16.1 Å². The summed E-state index contributed by atoms with van der Waals surface area (Å²) in [5.74, 6) is 1.20. The van der Waals surface area contributed by atoms with Gasteiger partial charge in [-0.1, -0.05) is 6.07 Å².